The number of hydrogen-bond donors (Lipinski definition) is 0. The zero-order valence-electron chi connectivity index (χ0n) is 15.6. The van der Waals surface area contributed by atoms with Gasteiger partial charge in [0.25, 0.3) is 5.91 Å². The molecule has 0 aliphatic carbocycles. The van der Waals surface area contributed by atoms with Crippen LogP contribution in [-0.2, 0) is 7.05 Å². The number of likely N-dealkylation sites (tertiary alicyclic amines) is 1. The van der Waals surface area contributed by atoms with Gasteiger partial charge in [-0.1, -0.05) is 12.1 Å². The molecule has 0 bridgehead atoms. The summed E-state index contributed by atoms with van der Waals surface area (Å²) < 4.78 is 18.5. The second-order valence-electron chi connectivity index (χ2n) is 6.61. The minimum absolute atomic E-state index is 0.00698. The molecule has 0 saturated carbocycles. The SMILES string of the molecule is COc1ccc2c(c1)cc(C(=O)N1CC(Oc3ccccc3OC)C1)n2C. The number of fused-ring (bicyclic) bond motifs is 1. The fourth-order valence-electron chi connectivity index (χ4n) is 3.40. The van der Waals surface area contributed by atoms with Gasteiger partial charge in [-0.15, -0.1) is 0 Å². The maximum atomic E-state index is 12.9. The van der Waals surface area contributed by atoms with E-state index in [1.54, 1.807) is 19.1 Å². The van der Waals surface area contributed by atoms with Gasteiger partial charge in [0.05, 0.1) is 27.3 Å². The lowest BCUT2D eigenvalue weighted by Crippen LogP contribution is -2.56. The Labute approximate surface area is 157 Å². The Balaban J connectivity index is 1.46. The predicted octanol–water partition coefficient (Wildman–Crippen LogP) is 3.10. The van der Waals surface area contributed by atoms with Crippen LogP contribution in [-0.4, -0.2) is 48.8 Å². The quantitative estimate of drug-likeness (QED) is 0.696. The lowest BCUT2D eigenvalue weighted by atomic mass is 10.1. The topological polar surface area (TPSA) is 52.9 Å². The van der Waals surface area contributed by atoms with Crippen LogP contribution in [0.1, 0.15) is 10.5 Å². The van der Waals surface area contributed by atoms with E-state index in [1.807, 2.05) is 60.1 Å². The molecule has 2 heterocycles. The molecule has 6 heteroatoms. The summed E-state index contributed by atoms with van der Waals surface area (Å²) in [7, 11) is 5.16. The van der Waals surface area contributed by atoms with Gasteiger partial charge >= 0.3 is 0 Å². The molecule has 1 saturated heterocycles. The molecule has 6 nitrogen and oxygen atoms in total. The molecule has 0 spiro atoms. The molecule has 0 unspecified atom stereocenters. The van der Waals surface area contributed by atoms with Crippen LogP contribution in [0.4, 0.5) is 0 Å². The Morgan fingerprint density at radius 2 is 1.74 bits per heavy atom. The van der Waals surface area contributed by atoms with Gasteiger partial charge in [-0.25, -0.2) is 0 Å². The van der Waals surface area contributed by atoms with Crippen molar-refractivity contribution in [1.29, 1.82) is 0 Å². The van der Waals surface area contributed by atoms with Crippen molar-refractivity contribution in [2.45, 2.75) is 6.10 Å². The van der Waals surface area contributed by atoms with Crippen LogP contribution in [0.15, 0.2) is 48.5 Å². The molecule has 1 fully saturated rings. The molecule has 1 aromatic heterocycles. The van der Waals surface area contributed by atoms with Crippen molar-refractivity contribution in [1.82, 2.24) is 9.47 Å². The number of benzene rings is 2. The van der Waals surface area contributed by atoms with Crippen LogP contribution >= 0.6 is 0 Å². The normalized spacial score (nSPS) is 14.1. The molecule has 0 N–H and O–H groups in total. The maximum Gasteiger partial charge on any atom is 0.270 e. The second kappa shape index (κ2) is 6.87. The average molecular weight is 366 g/mol. The van der Waals surface area contributed by atoms with E-state index in [1.165, 1.54) is 0 Å². The van der Waals surface area contributed by atoms with Gasteiger partial charge in [0.1, 0.15) is 17.5 Å². The van der Waals surface area contributed by atoms with Gasteiger partial charge in [-0.2, -0.15) is 0 Å². The minimum Gasteiger partial charge on any atom is -0.497 e. The molecule has 1 aliphatic rings. The van der Waals surface area contributed by atoms with Crippen molar-refractivity contribution < 1.29 is 19.0 Å². The van der Waals surface area contributed by atoms with Gasteiger partial charge in [0.2, 0.25) is 0 Å². The third-order valence-corrected chi connectivity index (χ3v) is 4.97. The molecule has 0 atom stereocenters. The van der Waals surface area contributed by atoms with Crippen LogP contribution in [0.25, 0.3) is 10.9 Å². The summed E-state index contributed by atoms with van der Waals surface area (Å²) in [4.78, 5) is 14.7. The van der Waals surface area contributed by atoms with Gasteiger partial charge < -0.3 is 23.7 Å². The number of para-hydroxylation sites is 2. The van der Waals surface area contributed by atoms with E-state index in [-0.39, 0.29) is 12.0 Å². The van der Waals surface area contributed by atoms with Crippen LogP contribution in [0, 0.1) is 0 Å². The number of amides is 1. The number of nitrogens with zero attached hydrogens (tertiary/aromatic N) is 2. The first-order valence-electron chi connectivity index (χ1n) is 8.83. The Morgan fingerprint density at radius 1 is 1.00 bits per heavy atom. The zero-order chi connectivity index (χ0) is 19.0. The van der Waals surface area contributed by atoms with Crippen molar-refractivity contribution >= 4 is 16.8 Å². The summed E-state index contributed by atoms with van der Waals surface area (Å²) in [5.74, 6) is 2.19. The second-order valence-corrected chi connectivity index (χ2v) is 6.61. The number of aromatic nitrogens is 1. The van der Waals surface area contributed by atoms with Crippen molar-refractivity contribution in [3.63, 3.8) is 0 Å². The van der Waals surface area contributed by atoms with E-state index in [0.717, 1.165) is 16.7 Å². The minimum atomic E-state index is -0.0278. The van der Waals surface area contributed by atoms with E-state index in [9.17, 15) is 4.79 Å². The molecule has 27 heavy (non-hydrogen) atoms. The molecule has 0 radical (unpaired) electrons. The maximum absolute atomic E-state index is 12.9. The van der Waals surface area contributed by atoms with Crippen LogP contribution in [0.3, 0.4) is 0 Å². The Morgan fingerprint density at radius 3 is 2.44 bits per heavy atom. The van der Waals surface area contributed by atoms with Crippen LogP contribution in [0.5, 0.6) is 17.2 Å². The highest BCUT2D eigenvalue weighted by Gasteiger charge is 2.34. The third-order valence-electron chi connectivity index (χ3n) is 4.97. The Kier molecular flexibility index (Phi) is 4.39. The summed E-state index contributed by atoms with van der Waals surface area (Å²) in [6.45, 7) is 1.11. The number of ether oxygens (including phenoxy) is 3. The molecule has 4 rings (SSSR count). The van der Waals surface area contributed by atoms with E-state index >= 15 is 0 Å². The Hall–Kier alpha value is -3.15. The van der Waals surface area contributed by atoms with Gasteiger partial charge in [-0.05, 0) is 36.4 Å². The summed E-state index contributed by atoms with van der Waals surface area (Å²) in [5, 5.41) is 0.988. The Bertz CT molecular complexity index is 989. The molecule has 140 valence electrons. The first-order valence-corrected chi connectivity index (χ1v) is 8.83. The lowest BCUT2D eigenvalue weighted by Gasteiger charge is -2.39. The highest BCUT2D eigenvalue weighted by Crippen LogP contribution is 2.30. The van der Waals surface area contributed by atoms with Crippen molar-refractivity contribution in [3.05, 3.63) is 54.2 Å². The fraction of sp³-hybridized carbons (Fsp3) is 0.286. The first kappa shape index (κ1) is 17.3. The number of carbonyl (C=O) groups is 1. The van der Waals surface area contributed by atoms with Crippen LogP contribution < -0.4 is 14.2 Å². The average Bonchev–Trinajstić information content (AvgIpc) is 3.00. The molecule has 1 amide bonds. The number of hydrogen-bond acceptors (Lipinski definition) is 4. The number of carbonyl (C=O) groups excluding carboxylic acids is 1. The summed E-state index contributed by atoms with van der Waals surface area (Å²) in [6, 6.07) is 15.3. The van der Waals surface area contributed by atoms with Crippen molar-refractivity contribution in [3.8, 4) is 17.2 Å². The summed E-state index contributed by atoms with van der Waals surface area (Å²) >= 11 is 0. The molecule has 3 aromatic rings. The highest BCUT2D eigenvalue weighted by atomic mass is 16.5. The van der Waals surface area contributed by atoms with Crippen LogP contribution in [0.2, 0.25) is 0 Å². The molecule has 1 aliphatic heterocycles. The van der Waals surface area contributed by atoms with Crippen molar-refractivity contribution in [2.75, 3.05) is 27.3 Å². The van der Waals surface area contributed by atoms with Gasteiger partial charge in [0, 0.05) is 18.0 Å². The largest absolute Gasteiger partial charge is 0.497 e. The van der Waals surface area contributed by atoms with E-state index in [2.05, 4.69) is 0 Å². The van der Waals surface area contributed by atoms with Gasteiger partial charge in [0.15, 0.2) is 11.5 Å². The summed E-state index contributed by atoms with van der Waals surface area (Å²) in [5.41, 5.74) is 1.66. The summed E-state index contributed by atoms with van der Waals surface area (Å²) in [6.07, 6.45) is -0.0278. The van der Waals surface area contributed by atoms with Crippen molar-refractivity contribution in [2.24, 2.45) is 7.05 Å². The highest BCUT2D eigenvalue weighted by molar-refractivity contribution is 5.99. The molecular weight excluding hydrogens is 344 g/mol. The van der Waals surface area contributed by atoms with E-state index in [4.69, 9.17) is 14.2 Å². The predicted molar refractivity (Wildman–Crippen MR) is 103 cm³/mol. The molecular formula is C21H22N2O4. The van der Waals surface area contributed by atoms with Gasteiger partial charge in [-0.3, -0.25) is 4.79 Å². The first-order chi connectivity index (χ1) is 13.1. The number of methoxy groups -OCH3 is 2. The molecule has 2 aromatic carbocycles. The standard InChI is InChI=1S/C21H22N2O4/c1-22-17-9-8-15(25-2)10-14(17)11-18(22)21(24)23-12-16(13-23)27-20-7-5-4-6-19(20)26-3/h4-11,16H,12-13H2,1-3H3. The zero-order valence-corrected chi connectivity index (χ0v) is 15.6. The number of rotatable bonds is 5. The smallest absolute Gasteiger partial charge is 0.270 e. The van der Waals surface area contributed by atoms with E-state index in [0.29, 0.717) is 30.3 Å². The number of aryl methyl sites for hydroxylation is 1. The lowest BCUT2D eigenvalue weighted by molar-refractivity contribution is 0.0162. The fourth-order valence-corrected chi connectivity index (χ4v) is 3.40. The van der Waals surface area contributed by atoms with E-state index < -0.39 is 0 Å². The monoisotopic (exact) mass is 366 g/mol. The third kappa shape index (κ3) is 3.07.